The molecule has 0 atom stereocenters. The molecule has 9 rings (SSSR count). The summed E-state index contributed by atoms with van der Waals surface area (Å²) in [6, 6.07) is 44.8. The lowest BCUT2D eigenvalue weighted by atomic mass is 10.0. The molecule has 4 heterocycles. The topological polar surface area (TPSA) is 90.2 Å². The van der Waals surface area contributed by atoms with Crippen molar-refractivity contribution < 1.29 is 0 Å². The monoisotopic (exact) mass is 621 g/mol. The van der Waals surface area contributed by atoms with Gasteiger partial charge in [0.25, 0.3) is 0 Å². The van der Waals surface area contributed by atoms with Crippen molar-refractivity contribution in [3.05, 3.63) is 140 Å². The van der Waals surface area contributed by atoms with E-state index in [9.17, 15) is 0 Å². The zero-order valence-electron chi connectivity index (χ0n) is 24.8. The van der Waals surface area contributed by atoms with Crippen molar-refractivity contribution in [3.8, 4) is 56.5 Å². The third-order valence-corrected chi connectivity index (χ3v) is 9.17. The highest BCUT2D eigenvalue weighted by Gasteiger charge is 2.17. The van der Waals surface area contributed by atoms with E-state index in [-0.39, 0.29) is 0 Å². The molecule has 220 valence electrons. The van der Waals surface area contributed by atoms with Gasteiger partial charge in [-0.1, -0.05) is 121 Å². The van der Waals surface area contributed by atoms with E-state index in [2.05, 4.69) is 58.5 Å². The first-order valence-electron chi connectivity index (χ1n) is 15.1. The van der Waals surface area contributed by atoms with Crippen LogP contribution in [0.15, 0.2) is 140 Å². The number of thiophene rings is 1. The quantitative estimate of drug-likeness (QED) is 0.189. The van der Waals surface area contributed by atoms with Gasteiger partial charge in [0.15, 0.2) is 17.5 Å². The molecule has 8 heteroatoms. The van der Waals surface area contributed by atoms with E-state index in [1.165, 1.54) is 0 Å². The summed E-state index contributed by atoms with van der Waals surface area (Å²) in [5, 5.41) is 0. The first-order chi connectivity index (χ1) is 23.3. The van der Waals surface area contributed by atoms with Crippen molar-refractivity contribution in [2.24, 2.45) is 0 Å². The summed E-state index contributed by atoms with van der Waals surface area (Å²) >= 11 is 1.57. The second kappa shape index (κ2) is 11.3. The third kappa shape index (κ3) is 4.97. The van der Waals surface area contributed by atoms with Crippen molar-refractivity contribution in [1.29, 1.82) is 0 Å². The fourth-order valence-corrected chi connectivity index (χ4v) is 6.81. The highest BCUT2D eigenvalue weighted by atomic mass is 32.1. The normalized spacial score (nSPS) is 11.4. The van der Waals surface area contributed by atoms with Gasteiger partial charge in [0.2, 0.25) is 0 Å². The molecular weight excluding hydrogens is 599 g/mol. The second-order valence-electron chi connectivity index (χ2n) is 11.1. The van der Waals surface area contributed by atoms with Gasteiger partial charge in [-0.25, -0.2) is 34.9 Å². The Labute approximate surface area is 273 Å². The number of hydrogen-bond donors (Lipinski definition) is 0. The van der Waals surface area contributed by atoms with Crippen LogP contribution >= 0.6 is 11.3 Å². The number of rotatable bonds is 5. The lowest BCUT2D eigenvalue weighted by Crippen LogP contribution is -2.00. The fourth-order valence-electron chi connectivity index (χ4n) is 5.72. The number of para-hydroxylation sites is 2. The van der Waals surface area contributed by atoms with Crippen LogP contribution in [0.2, 0.25) is 0 Å². The molecule has 4 aromatic heterocycles. The molecule has 0 amide bonds. The minimum atomic E-state index is 0.599. The number of nitrogens with zero attached hydrogens (tertiary/aromatic N) is 7. The molecule has 0 radical (unpaired) electrons. The fraction of sp³-hybridized carbons (Fsp3) is 0. The van der Waals surface area contributed by atoms with E-state index >= 15 is 0 Å². The van der Waals surface area contributed by atoms with Gasteiger partial charge >= 0.3 is 0 Å². The molecule has 0 saturated carbocycles. The van der Waals surface area contributed by atoms with Crippen LogP contribution in [0.3, 0.4) is 0 Å². The van der Waals surface area contributed by atoms with Crippen LogP contribution < -0.4 is 0 Å². The van der Waals surface area contributed by atoms with Crippen LogP contribution in [0.1, 0.15) is 0 Å². The van der Waals surface area contributed by atoms with Gasteiger partial charge in [-0.15, -0.1) is 11.3 Å². The summed E-state index contributed by atoms with van der Waals surface area (Å²) in [4.78, 5) is 34.6. The summed E-state index contributed by atoms with van der Waals surface area (Å²) in [6.45, 7) is 0. The van der Waals surface area contributed by atoms with Gasteiger partial charge in [-0.3, -0.25) is 0 Å². The molecule has 5 aromatic carbocycles. The Bertz CT molecular complexity index is 2550. The van der Waals surface area contributed by atoms with Crippen LogP contribution in [0.5, 0.6) is 0 Å². The molecule has 0 saturated heterocycles. The summed E-state index contributed by atoms with van der Waals surface area (Å²) < 4.78 is 0.957. The Morgan fingerprint density at radius 2 is 0.830 bits per heavy atom. The van der Waals surface area contributed by atoms with E-state index in [4.69, 9.17) is 24.9 Å². The number of hydrogen-bond acceptors (Lipinski definition) is 8. The molecular formula is C39H23N7S. The lowest BCUT2D eigenvalue weighted by molar-refractivity contribution is 1.07. The van der Waals surface area contributed by atoms with Crippen LogP contribution in [-0.2, 0) is 0 Å². The first-order valence-corrected chi connectivity index (χ1v) is 16.0. The van der Waals surface area contributed by atoms with Crippen LogP contribution in [0, 0.1) is 0 Å². The predicted molar refractivity (Wildman–Crippen MR) is 189 cm³/mol. The smallest absolute Gasteiger partial charge is 0.164 e. The molecule has 0 aliphatic heterocycles. The number of fused-ring (bicyclic) bond motifs is 4. The SMILES string of the molecule is c1ccc(-c2ccc(-c3nc(-c4ccccc4)nc(-c4ccc(-c5ncnc6c5sc5nc7ccccc7nc56)cc4)n3)cc2)cc1. The zero-order chi connectivity index (χ0) is 31.2. The highest BCUT2D eigenvalue weighted by molar-refractivity contribution is 7.25. The van der Waals surface area contributed by atoms with Gasteiger partial charge < -0.3 is 0 Å². The van der Waals surface area contributed by atoms with Gasteiger partial charge in [-0.2, -0.15) is 0 Å². The second-order valence-corrected chi connectivity index (χ2v) is 12.1. The Morgan fingerprint density at radius 1 is 0.362 bits per heavy atom. The lowest BCUT2D eigenvalue weighted by Gasteiger charge is -2.10. The molecule has 7 nitrogen and oxygen atoms in total. The third-order valence-electron chi connectivity index (χ3n) is 8.10. The largest absolute Gasteiger partial charge is 0.241 e. The van der Waals surface area contributed by atoms with Crippen molar-refractivity contribution >= 4 is 42.9 Å². The standard InChI is InChI=1S/C39H23N7S/c1-3-9-24(10-4-1)25-15-19-28(20-16-25)37-44-36(27-11-5-2-6-12-27)45-38(46-37)29-21-17-26(18-22-29)32-35-33(41-23-40-32)34-39(47-35)43-31-14-8-7-13-30(31)42-34/h1-23H. The van der Waals surface area contributed by atoms with Gasteiger partial charge in [-0.05, 0) is 23.3 Å². The molecule has 0 aliphatic rings. The first kappa shape index (κ1) is 27.1. The van der Waals surface area contributed by atoms with Crippen LogP contribution in [-0.4, -0.2) is 34.9 Å². The molecule has 0 aliphatic carbocycles. The predicted octanol–water partition coefficient (Wildman–Crippen LogP) is 9.31. The Hall–Kier alpha value is -6.25. The molecule has 0 bridgehead atoms. The average molecular weight is 622 g/mol. The number of benzene rings is 5. The molecule has 0 N–H and O–H groups in total. The summed E-state index contributed by atoms with van der Waals surface area (Å²) in [5.41, 5.74) is 10.2. The Kier molecular flexibility index (Phi) is 6.50. The van der Waals surface area contributed by atoms with Crippen LogP contribution in [0.25, 0.3) is 88.1 Å². The van der Waals surface area contributed by atoms with Crippen LogP contribution in [0.4, 0.5) is 0 Å². The van der Waals surface area contributed by atoms with E-state index < -0.39 is 0 Å². The van der Waals surface area contributed by atoms with Gasteiger partial charge in [0.1, 0.15) is 22.2 Å². The average Bonchev–Trinajstić information content (AvgIpc) is 3.52. The number of aromatic nitrogens is 7. The zero-order valence-corrected chi connectivity index (χ0v) is 25.6. The molecule has 9 aromatic rings. The maximum Gasteiger partial charge on any atom is 0.164 e. The Morgan fingerprint density at radius 3 is 1.45 bits per heavy atom. The maximum atomic E-state index is 4.95. The highest BCUT2D eigenvalue weighted by Crippen LogP contribution is 2.37. The van der Waals surface area contributed by atoms with Gasteiger partial charge in [0.05, 0.1) is 21.4 Å². The molecule has 0 spiro atoms. The molecule has 47 heavy (non-hydrogen) atoms. The van der Waals surface area contributed by atoms with Gasteiger partial charge in [0, 0.05) is 22.3 Å². The van der Waals surface area contributed by atoms with E-state index in [1.807, 2.05) is 84.9 Å². The van der Waals surface area contributed by atoms with Crippen molar-refractivity contribution in [3.63, 3.8) is 0 Å². The summed E-state index contributed by atoms with van der Waals surface area (Å²) in [7, 11) is 0. The minimum Gasteiger partial charge on any atom is -0.241 e. The summed E-state index contributed by atoms with van der Waals surface area (Å²) in [5.74, 6) is 1.84. The molecule has 0 unspecified atom stereocenters. The molecule has 0 fully saturated rings. The minimum absolute atomic E-state index is 0.599. The van der Waals surface area contributed by atoms with E-state index in [0.29, 0.717) is 17.5 Å². The van der Waals surface area contributed by atoms with Crippen molar-refractivity contribution in [2.45, 2.75) is 0 Å². The Balaban J connectivity index is 1.11. The van der Waals surface area contributed by atoms with Crippen molar-refractivity contribution in [2.75, 3.05) is 0 Å². The van der Waals surface area contributed by atoms with E-state index in [1.54, 1.807) is 17.7 Å². The maximum absolute atomic E-state index is 4.95. The van der Waals surface area contributed by atoms with E-state index in [0.717, 1.165) is 70.7 Å². The van der Waals surface area contributed by atoms with Crippen molar-refractivity contribution in [1.82, 2.24) is 34.9 Å². The summed E-state index contributed by atoms with van der Waals surface area (Å²) in [6.07, 6.45) is 1.60.